The van der Waals surface area contributed by atoms with Crippen LogP contribution >= 0.6 is 0 Å². The second-order valence-corrected chi connectivity index (χ2v) is 7.38. The molecule has 0 saturated carbocycles. The van der Waals surface area contributed by atoms with Crippen molar-refractivity contribution in [3.63, 3.8) is 0 Å². The molecule has 2 aromatic carbocycles. The standard InChI is InChI=1S/C17H15N3O3S/c1-13-7-9-15(10-8-13)24(22,23)11-16-17(19-18-12-20(16)21)14-5-3-2-4-6-14/h2-10,12H,11H2,1H3. The molecule has 0 unspecified atom stereocenters. The van der Waals surface area contributed by atoms with Crippen molar-refractivity contribution in [1.82, 2.24) is 10.2 Å². The summed E-state index contributed by atoms with van der Waals surface area (Å²) in [5.74, 6) is -0.445. The van der Waals surface area contributed by atoms with Crippen molar-refractivity contribution < 1.29 is 13.1 Å². The van der Waals surface area contributed by atoms with Crippen LogP contribution in [0.4, 0.5) is 0 Å². The van der Waals surface area contributed by atoms with Gasteiger partial charge in [0.05, 0.1) is 9.99 Å². The highest BCUT2D eigenvalue weighted by atomic mass is 32.2. The molecule has 0 amide bonds. The molecule has 0 aliphatic rings. The van der Waals surface area contributed by atoms with Gasteiger partial charge in [0.1, 0.15) is 5.75 Å². The third-order valence-electron chi connectivity index (χ3n) is 3.61. The smallest absolute Gasteiger partial charge is 0.317 e. The molecule has 1 heterocycles. The van der Waals surface area contributed by atoms with Crippen molar-refractivity contribution in [3.8, 4) is 11.3 Å². The molecule has 3 aromatic rings. The zero-order chi connectivity index (χ0) is 17.2. The Morgan fingerprint density at radius 3 is 2.38 bits per heavy atom. The molecule has 0 spiro atoms. The fourth-order valence-electron chi connectivity index (χ4n) is 2.32. The quantitative estimate of drug-likeness (QED) is 0.535. The Morgan fingerprint density at radius 1 is 1.04 bits per heavy atom. The second-order valence-electron chi connectivity index (χ2n) is 5.39. The van der Waals surface area contributed by atoms with Crippen molar-refractivity contribution in [1.29, 1.82) is 0 Å². The van der Waals surface area contributed by atoms with Crippen LogP contribution in [0, 0.1) is 12.1 Å². The van der Waals surface area contributed by atoms with Crippen LogP contribution in [0.5, 0.6) is 0 Å². The third kappa shape index (κ3) is 3.26. The third-order valence-corrected chi connectivity index (χ3v) is 5.25. The van der Waals surface area contributed by atoms with Crippen molar-refractivity contribution >= 4 is 9.84 Å². The van der Waals surface area contributed by atoms with Gasteiger partial charge in [-0.2, -0.15) is 0 Å². The summed E-state index contributed by atoms with van der Waals surface area (Å²) in [5, 5.41) is 19.7. The summed E-state index contributed by atoms with van der Waals surface area (Å²) in [6.45, 7) is 1.88. The number of nitrogens with zero attached hydrogens (tertiary/aromatic N) is 3. The van der Waals surface area contributed by atoms with E-state index in [0.29, 0.717) is 10.3 Å². The molecule has 24 heavy (non-hydrogen) atoms. The number of hydrogen-bond acceptors (Lipinski definition) is 5. The van der Waals surface area contributed by atoms with Crippen LogP contribution < -0.4 is 4.73 Å². The lowest BCUT2D eigenvalue weighted by atomic mass is 10.1. The van der Waals surface area contributed by atoms with Gasteiger partial charge < -0.3 is 5.21 Å². The molecule has 0 N–H and O–H groups in total. The minimum Gasteiger partial charge on any atom is -0.711 e. The number of hydrogen-bond donors (Lipinski definition) is 0. The van der Waals surface area contributed by atoms with E-state index in [1.54, 1.807) is 36.4 Å². The predicted molar refractivity (Wildman–Crippen MR) is 88.5 cm³/mol. The van der Waals surface area contributed by atoms with Crippen molar-refractivity contribution in [2.75, 3.05) is 0 Å². The van der Waals surface area contributed by atoms with E-state index < -0.39 is 15.6 Å². The summed E-state index contributed by atoms with van der Waals surface area (Å²) >= 11 is 0. The molecule has 0 fully saturated rings. The maximum Gasteiger partial charge on any atom is 0.317 e. The Balaban J connectivity index is 2.06. The molecule has 7 heteroatoms. The minimum atomic E-state index is -3.67. The van der Waals surface area contributed by atoms with Gasteiger partial charge in [-0.3, -0.25) is 0 Å². The Morgan fingerprint density at radius 2 is 1.71 bits per heavy atom. The summed E-state index contributed by atoms with van der Waals surface area (Å²) in [7, 11) is -3.67. The first-order valence-electron chi connectivity index (χ1n) is 7.26. The Kier molecular flexibility index (Phi) is 4.26. The Hall–Kier alpha value is -2.80. The molecule has 0 bridgehead atoms. The minimum absolute atomic E-state index is 0.0526. The van der Waals surface area contributed by atoms with Gasteiger partial charge in [-0.05, 0) is 24.2 Å². The van der Waals surface area contributed by atoms with Gasteiger partial charge in [0, 0.05) is 5.56 Å². The second kappa shape index (κ2) is 6.37. The van der Waals surface area contributed by atoms with E-state index in [1.165, 1.54) is 12.1 Å². The first kappa shape index (κ1) is 16.1. The fraction of sp³-hybridized carbons (Fsp3) is 0.118. The molecule has 3 rings (SSSR count). The van der Waals surface area contributed by atoms with Gasteiger partial charge >= 0.3 is 6.33 Å². The highest BCUT2D eigenvalue weighted by Crippen LogP contribution is 2.22. The normalized spacial score (nSPS) is 11.4. The molecule has 0 atom stereocenters. The maximum absolute atomic E-state index is 12.6. The van der Waals surface area contributed by atoms with Crippen LogP contribution in [0.2, 0.25) is 0 Å². The largest absolute Gasteiger partial charge is 0.711 e. The zero-order valence-electron chi connectivity index (χ0n) is 13.0. The summed E-state index contributed by atoms with van der Waals surface area (Å²) in [6.07, 6.45) is 0.965. The van der Waals surface area contributed by atoms with E-state index in [1.807, 2.05) is 13.0 Å². The number of benzene rings is 2. The van der Waals surface area contributed by atoms with Crippen LogP contribution in [0.1, 0.15) is 11.3 Å². The van der Waals surface area contributed by atoms with Crippen LogP contribution in [0.3, 0.4) is 0 Å². The molecule has 122 valence electrons. The first-order valence-corrected chi connectivity index (χ1v) is 8.91. The van der Waals surface area contributed by atoms with Gasteiger partial charge in [-0.25, -0.2) is 13.1 Å². The van der Waals surface area contributed by atoms with Gasteiger partial charge in [0.15, 0.2) is 21.2 Å². The van der Waals surface area contributed by atoms with E-state index in [9.17, 15) is 13.6 Å². The summed E-state index contributed by atoms with van der Waals surface area (Å²) in [4.78, 5) is 0.170. The van der Waals surface area contributed by atoms with Crippen LogP contribution in [0.15, 0.2) is 65.8 Å². The van der Waals surface area contributed by atoms with Crippen LogP contribution in [-0.4, -0.2) is 18.6 Å². The van der Waals surface area contributed by atoms with Gasteiger partial charge in [-0.15, -0.1) is 0 Å². The maximum atomic E-state index is 12.6. The molecule has 0 radical (unpaired) electrons. The number of rotatable bonds is 4. The lowest BCUT2D eigenvalue weighted by Gasteiger charge is -2.11. The molecule has 0 aliphatic heterocycles. The topological polar surface area (TPSA) is 86.9 Å². The van der Waals surface area contributed by atoms with E-state index in [-0.39, 0.29) is 16.3 Å². The summed E-state index contributed by atoms with van der Waals surface area (Å²) in [5.41, 5.74) is 1.92. The average Bonchev–Trinajstić information content (AvgIpc) is 2.58. The molecule has 1 aromatic heterocycles. The molecular weight excluding hydrogens is 326 g/mol. The first-order chi connectivity index (χ1) is 11.5. The fourth-order valence-corrected chi connectivity index (χ4v) is 3.66. The predicted octanol–water partition coefficient (Wildman–Crippen LogP) is 2.06. The van der Waals surface area contributed by atoms with Crippen molar-refractivity contribution in [3.05, 3.63) is 77.4 Å². The molecular formula is C17H15N3O3S. The van der Waals surface area contributed by atoms with E-state index in [2.05, 4.69) is 10.2 Å². The van der Waals surface area contributed by atoms with E-state index in [0.717, 1.165) is 11.9 Å². The van der Waals surface area contributed by atoms with Crippen molar-refractivity contribution in [2.24, 2.45) is 0 Å². The summed E-state index contributed by atoms with van der Waals surface area (Å²) in [6, 6.07) is 15.4. The Bertz CT molecular complexity index is 956. The van der Waals surface area contributed by atoms with Crippen LogP contribution in [0.25, 0.3) is 11.3 Å². The molecule has 0 saturated heterocycles. The number of sulfone groups is 1. The van der Waals surface area contributed by atoms with Crippen LogP contribution in [-0.2, 0) is 15.6 Å². The monoisotopic (exact) mass is 341 g/mol. The number of aryl methyl sites for hydroxylation is 1. The van der Waals surface area contributed by atoms with Crippen molar-refractivity contribution in [2.45, 2.75) is 17.6 Å². The Labute approximate surface area is 139 Å². The summed E-state index contributed by atoms with van der Waals surface area (Å²) < 4.78 is 25.8. The lowest BCUT2D eigenvalue weighted by molar-refractivity contribution is -0.616. The van der Waals surface area contributed by atoms with Gasteiger partial charge in [-0.1, -0.05) is 48.0 Å². The van der Waals surface area contributed by atoms with E-state index >= 15 is 0 Å². The lowest BCUT2D eigenvalue weighted by Crippen LogP contribution is -2.35. The molecule has 0 aliphatic carbocycles. The van der Waals surface area contributed by atoms with Gasteiger partial charge in [0.2, 0.25) is 0 Å². The van der Waals surface area contributed by atoms with E-state index in [4.69, 9.17) is 0 Å². The highest BCUT2D eigenvalue weighted by molar-refractivity contribution is 7.90. The SMILES string of the molecule is Cc1ccc(S(=O)(=O)Cc2c(-c3ccccc3)nnc[n+]2[O-])cc1. The van der Waals surface area contributed by atoms with Gasteiger partial charge in [0.25, 0.3) is 0 Å². The highest BCUT2D eigenvalue weighted by Gasteiger charge is 2.23. The average molecular weight is 341 g/mol. The zero-order valence-corrected chi connectivity index (χ0v) is 13.8. The molecule has 6 nitrogen and oxygen atoms in total. The number of aromatic nitrogens is 3.